The minimum Gasteiger partial charge on any atom is -0.468 e. The van der Waals surface area contributed by atoms with Gasteiger partial charge in [-0.25, -0.2) is 4.39 Å². The van der Waals surface area contributed by atoms with E-state index in [0.29, 0.717) is 34.2 Å². The summed E-state index contributed by atoms with van der Waals surface area (Å²) >= 11 is 6.16. The van der Waals surface area contributed by atoms with Crippen LogP contribution in [0, 0.1) is 17.7 Å². The predicted octanol–water partition coefficient (Wildman–Crippen LogP) is 4.85. The molecule has 1 N–H and O–H groups in total. The van der Waals surface area contributed by atoms with Crippen molar-refractivity contribution < 1.29 is 8.81 Å². The zero-order chi connectivity index (χ0) is 19.8. The fourth-order valence-electron chi connectivity index (χ4n) is 4.72. The molecule has 29 heavy (non-hydrogen) atoms. The maximum atomic E-state index is 13.5. The highest BCUT2D eigenvalue weighted by molar-refractivity contribution is 6.33. The Bertz CT molecular complexity index is 965. The van der Waals surface area contributed by atoms with E-state index in [9.17, 15) is 4.39 Å². The number of aromatic nitrogens is 2. The lowest BCUT2D eigenvalue weighted by molar-refractivity contribution is 0.274. The molecule has 3 aromatic rings. The number of rotatable bonds is 5. The molecule has 5 rings (SSSR count). The average molecular weight is 413 g/mol. The van der Waals surface area contributed by atoms with Gasteiger partial charge in [-0.05, 0) is 67.1 Å². The van der Waals surface area contributed by atoms with Crippen molar-refractivity contribution in [3.05, 3.63) is 65.3 Å². The fraction of sp³-hybridized carbons (Fsp3) is 0.364. The van der Waals surface area contributed by atoms with E-state index < -0.39 is 0 Å². The molecule has 1 saturated heterocycles. The molecule has 3 atom stereocenters. The maximum absolute atomic E-state index is 13.5. The molecule has 2 aliphatic rings. The minimum atomic E-state index is -0.341. The number of halogens is 2. The molecule has 1 saturated carbocycles. The van der Waals surface area contributed by atoms with E-state index in [1.807, 2.05) is 24.3 Å². The number of likely N-dealkylation sites (tertiary alicyclic amines) is 1. The van der Waals surface area contributed by atoms with E-state index in [1.165, 1.54) is 18.2 Å². The number of anilines is 1. The zero-order valence-electron chi connectivity index (χ0n) is 15.9. The Kier molecular flexibility index (Phi) is 4.97. The van der Waals surface area contributed by atoms with Crippen molar-refractivity contribution in [3.63, 3.8) is 0 Å². The SMILES string of the molecule is Fc1ccc(Cl)c(-c2ccc(NC3C[C@@H]4CN(Cc5ccco5)C[C@@H]4C3)nn2)c1. The molecule has 2 fully saturated rings. The van der Waals surface area contributed by atoms with Crippen LogP contribution in [-0.2, 0) is 6.54 Å². The Morgan fingerprint density at radius 3 is 2.62 bits per heavy atom. The second-order valence-corrected chi connectivity index (χ2v) is 8.44. The Labute approximate surface area is 173 Å². The monoisotopic (exact) mass is 412 g/mol. The Balaban J connectivity index is 1.18. The highest BCUT2D eigenvalue weighted by atomic mass is 35.5. The van der Waals surface area contributed by atoms with E-state index in [0.717, 1.165) is 44.1 Å². The molecule has 1 unspecified atom stereocenters. The first-order valence-electron chi connectivity index (χ1n) is 9.94. The second-order valence-electron chi connectivity index (χ2n) is 8.03. The Hall–Kier alpha value is -2.44. The van der Waals surface area contributed by atoms with Crippen LogP contribution in [0.5, 0.6) is 0 Å². The summed E-state index contributed by atoms with van der Waals surface area (Å²) in [7, 11) is 0. The first-order chi connectivity index (χ1) is 14.1. The predicted molar refractivity (Wildman–Crippen MR) is 110 cm³/mol. The Morgan fingerprint density at radius 2 is 1.93 bits per heavy atom. The van der Waals surface area contributed by atoms with Gasteiger partial charge in [-0.15, -0.1) is 10.2 Å². The van der Waals surface area contributed by atoms with E-state index in [1.54, 1.807) is 6.26 Å². The highest BCUT2D eigenvalue weighted by Gasteiger charge is 2.41. The third-order valence-corrected chi connectivity index (χ3v) is 6.34. The molecule has 7 heteroatoms. The van der Waals surface area contributed by atoms with Crippen molar-refractivity contribution >= 4 is 17.4 Å². The van der Waals surface area contributed by atoms with E-state index in [4.69, 9.17) is 16.0 Å². The summed E-state index contributed by atoms with van der Waals surface area (Å²) in [4.78, 5) is 2.49. The summed E-state index contributed by atoms with van der Waals surface area (Å²) in [6.45, 7) is 3.13. The van der Waals surface area contributed by atoms with E-state index >= 15 is 0 Å². The van der Waals surface area contributed by atoms with Crippen LogP contribution in [0.3, 0.4) is 0 Å². The maximum Gasteiger partial charge on any atom is 0.148 e. The van der Waals surface area contributed by atoms with E-state index in [2.05, 4.69) is 20.4 Å². The first kappa shape index (κ1) is 18.6. The molecule has 0 bridgehead atoms. The zero-order valence-corrected chi connectivity index (χ0v) is 16.6. The van der Waals surface area contributed by atoms with Crippen LogP contribution in [0.25, 0.3) is 11.3 Å². The van der Waals surface area contributed by atoms with Gasteiger partial charge in [0.1, 0.15) is 17.4 Å². The molecule has 1 aliphatic heterocycles. The molecule has 5 nitrogen and oxygen atoms in total. The quantitative estimate of drug-likeness (QED) is 0.649. The van der Waals surface area contributed by atoms with Crippen molar-refractivity contribution in [2.75, 3.05) is 18.4 Å². The summed E-state index contributed by atoms with van der Waals surface area (Å²) < 4.78 is 19.0. The van der Waals surface area contributed by atoms with Crippen LogP contribution in [0.2, 0.25) is 5.02 Å². The average Bonchev–Trinajstić information content (AvgIpc) is 3.42. The molecule has 1 aliphatic carbocycles. The molecule has 150 valence electrons. The minimum absolute atomic E-state index is 0.341. The Morgan fingerprint density at radius 1 is 1.10 bits per heavy atom. The molecule has 0 amide bonds. The van der Waals surface area contributed by atoms with Gasteiger partial charge in [-0.3, -0.25) is 4.90 Å². The van der Waals surface area contributed by atoms with Gasteiger partial charge in [0.2, 0.25) is 0 Å². The smallest absolute Gasteiger partial charge is 0.148 e. The van der Waals surface area contributed by atoms with Crippen molar-refractivity contribution in [2.24, 2.45) is 11.8 Å². The first-order valence-corrected chi connectivity index (χ1v) is 10.3. The number of furan rings is 1. The van der Waals surface area contributed by atoms with Crippen LogP contribution >= 0.6 is 11.6 Å². The van der Waals surface area contributed by atoms with Gasteiger partial charge in [-0.2, -0.15) is 0 Å². The standard InChI is InChI=1S/C22H22ClFN4O/c23-20-4-3-16(24)10-19(20)21-5-6-22(27-26-21)25-17-8-14-11-28(12-15(14)9-17)13-18-2-1-7-29-18/h1-7,10,14-15,17H,8-9,11-13H2,(H,25,27)/t14-,15+,17?. The van der Waals surface area contributed by atoms with Crippen LogP contribution in [0.1, 0.15) is 18.6 Å². The number of benzene rings is 1. The largest absolute Gasteiger partial charge is 0.468 e. The van der Waals surface area contributed by atoms with Gasteiger partial charge in [-0.1, -0.05) is 11.6 Å². The third kappa shape index (κ3) is 4.00. The van der Waals surface area contributed by atoms with Crippen LogP contribution < -0.4 is 5.32 Å². The van der Waals surface area contributed by atoms with Gasteiger partial charge in [0, 0.05) is 24.7 Å². The van der Waals surface area contributed by atoms with Crippen molar-refractivity contribution in [2.45, 2.75) is 25.4 Å². The van der Waals surface area contributed by atoms with Crippen LogP contribution in [0.4, 0.5) is 10.2 Å². The van der Waals surface area contributed by atoms with Gasteiger partial charge in [0.15, 0.2) is 0 Å². The van der Waals surface area contributed by atoms with Gasteiger partial charge in [0.05, 0.1) is 23.5 Å². The molecule has 2 aromatic heterocycles. The number of hydrogen-bond acceptors (Lipinski definition) is 5. The molecule has 3 heterocycles. The van der Waals surface area contributed by atoms with Crippen molar-refractivity contribution in [3.8, 4) is 11.3 Å². The lowest BCUT2D eigenvalue weighted by Gasteiger charge is -2.19. The van der Waals surface area contributed by atoms with Crippen LogP contribution in [0.15, 0.2) is 53.1 Å². The van der Waals surface area contributed by atoms with Gasteiger partial charge in [0.25, 0.3) is 0 Å². The topological polar surface area (TPSA) is 54.2 Å². The summed E-state index contributed by atoms with van der Waals surface area (Å²) in [5.74, 6) is 2.86. The van der Waals surface area contributed by atoms with E-state index in [-0.39, 0.29) is 5.82 Å². The van der Waals surface area contributed by atoms with Crippen molar-refractivity contribution in [1.29, 1.82) is 0 Å². The lowest BCUT2D eigenvalue weighted by atomic mass is 10.0. The molecule has 1 aromatic carbocycles. The molecule has 0 spiro atoms. The number of nitrogens with zero attached hydrogens (tertiary/aromatic N) is 3. The molecular formula is C22H22ClFN4O. The summed E-state index contributed by atoms with van der Waals surface area (Å²) in [6.07, 6.45) is 4.01. The third-order valence-electron chi connectivity index (χ3n) is 6.01. The van der Waals surface area contributed by atoms with Crippen LogP contribution in [-0.4, -0.2) is 34.2 Å². The summed E-state index contributed by atoms with van der Waals surface area (Å²) in [5, 5.41) is 12.5. The normalized spacial score (nSPS) is 24.0. The number of fused-ring (bicyclic) bond motifs is 1. The van der Waals surface area contributed by atoms with Gasteiger partial charge >= 0.3 is 0 Å². The summed E-state index contributed by atoms with van der Waals surface area (Å²) in [5.41, 5.74) is 1.12. The fourth-order valence-corrected chi connectivity index (χ4v) is 4.94. The van der Waals surface area contributed by atoms with Crippen molar-refractivity contribution in [1.82, 2.24) is 15.1 Å². The molecule has 0 radical (unpaired) electrons. The molecular weight excluding hydrogens is 391 g/mol. The second kappa shape index (κ2) is 7.76. The lowest BCUT2D eigenvalue weighted by Crippen LogP contribution is -2.25. The van der Waals surface area contributed by atoms with Gasteiger partial charge < -0.3 is 9.73 Å². The number of hydrogen-bond donors (Lipinski definition) is 1. The summed E-state index contributed by atoms with van der Waals surface area (Å²) in [6, 6.07) is 12.4. The number of nitrogens with one attached hydrogen (secondary N) is 1. The highest BCUT2D eigenvalue weighted by Crippen LogP contribution is 2.39.